The van der Waals surface area contributed by atoms with Gasteiger partial charge in [-0.25, -0.2) is 0 Å². The van der Waals surface area contributed by atoms with Crippen LogP contribution in [0.5, 0.6) is 5.75 Å². The number of allylic oxidation sites excluding steroid dienone is 1. The lowest BCUT2D eigenvalue weighted by molar-refractivity contribution is -0.160. The normalized spacial score (nSPS) is 34.9. The van der Waals surface area contributed by atoms with Gasteiger partial charge in [0.2, 0.25) is 5.91 Å². The van der Waals surface area contributed by atoms with Crippen LogP contribution in [0.4, 0.5) is 5.69 Å². The number of fused-ring (bicyclic) bond motifs is 2. The first kappa shape index (κ1) is 25.5. The number of carbonyl (C=O) groups is 3. The highest BCUT2D eigenvalue weighted by Crippen LogP contribution is 2.58. The van der Waals surface area contributed by atoms with Crippen LogP contribution in [0.1, 0.15) is 33.1 Å². The summed E-state index contributed by atoms with van der Waals surface area (Å²) >= 11 is 0. The minimum Gasteiger partial charge on any atom is -0.497 e. The summed E-state index contributed by atoms with van der Waals surface area (Å²) in [5.74, 6) is -2.42. The van der Waals surface area contributed by atoms with E-state index in [9.17, 15) is 19.5 Å². The monoisotopic (exact) mass is 510 g/mol. The summed E-state index contributed by atoms with van der Waals surface area (Å²) in [4.78, 5) is 45.0. The third kappa shape index (κ3) is 3.78. The van der Waals surface area contributed by atoms with Crippen molar-refractivity contribution < 1.29 is 33.7 Å². The van der Waals surface area contributed by atoms with E-state index in [4.69, 9.17) is 14.2 Å². The van der Waals surface area contributed by atoms with E-state index in [1.807, 2.05) is 25.2 Å². The van der Waals surface area contributed by atoms with Gasteiger partial charge in [-0.3, -0.25) is 14.4 Å². The molecule has 198 valence electrons. The molecule has 2 saturated heterocycles. The second kappa shape index (κ2) is 9.61. The van der Waals surface area contributed by atoms with Crippen LogP contribution in [0.15, 0.2) is 48.6 Å². The number of esters is 1. The quantitative estimate of drug-likeness (QED) is 0.478. The molecule has 9 nitrogen and oxygen atoms in total. The molecule has 37 heavy (non-hydrogen) atoms. The number of aliphatic hydroxyl groups excluding tert-OH is 1. The zero-order valence-corrected chi connectivity index (χ0v) is 21.5. The first-order valence-corrected chi connectivity index (χ1v) is 12.9. The highest BCUT2D eigenvalue weighted by Gasteiger charge is 2.75. The molecule has 0 aliphatic carbocycles. The second-order valence-corrected chi connectivity index (χ2v) is 10.2. The third-order valence-corrected chi connectivity index (χ3v) is 8.19. The molecular formula is C28H34N2O7. The zero-order chi connectivity index (χ0) is 26.4. The van der Waals surface area contributed by atoms with Crippen LogP contribution in [0.3, 0.4) is 0 Å². The Morgan fingerprint density at radius 3 is 2.54 bits per heavy atom. The predicted octanol–water partition coefficient (Wildman–Crippen LogP) is 2.23. The number of rotatable bonds is 5. The fraction of sp³-hybridized carbons (Fsp3) is 0.536. The molecule has 2 fully saturated rings. The van der Waals surface area contributed by atoms with Crippen molar-refractivity contribution in [3.63, 3.8) is 0 Å². The first-order valence-electron chi connectivity index (χ1n) is 12.9. The lowest BCUT2D eigenvalue weighted by Gasteiger charge is -2.40. The fourth-order valence-electron chi connectivity index (χ4n) is 6.37. The van der Waals surface area contributed by atoms with E-state index >= 15 is 0 Å². The summed E-state index contributed by atoms with van der Waals surface area (Å²) in [6.07, 6.45) is 9.34. The molecule has 5 rings (SSSR count). The molecule has 0 bridgehead atoms. The maximum atomic E-state index is 14.3. The Balaban J connectivity index is 1.66. The van der Waals surface area contributed by atoms with Crippen molar-refractivity contribution in [2.75, 3.05) is 31.8 Å². The van der Waals surface area contributed by atoms with Crippen LogP contribution in [-0.4, -0.2) is 77.9 Å². The number of anilines is 1. The molecule has 2 amide bonds. The van der Waals surface area contributed by atoms with Gasteiger partial charge in [-0.15, -0.1) is 0 Å². The number of hydrogen-bond donors (Lipinski definition) is 1. The molecule has 0 saturated carbocycles. The lowest BCUT2D eigenvalue weighted by atomic mass is 9.73. The third-order valence-electron chi connectivity index (χ3n) is 8.19. The summed E-state index contributed by atoms with van der Waals surface area (Å²) in [5, 5.41) is 10.1. The van der Waals surface area contributed by atoms with Crippen LogP contribution in [0, 0.1) is 11.8 Å². The first-order chi connectivity index (χ1) is 17.8. The Morgan fingerprint density at radius 1 is 1.11 bits per heavy atom. The second-order valence-electron chi connectivity index (χ2n) is 10.2. The minimum atomic E-state index is -1.39. The van der Waals surface area contributed by atoms with Gasteiger partial charge >= 0.3 is 5.97 Å². The molecule has 0 radical (unpaired) electrons. The number of nitrogens with zero attached hydrogens (tertiary/aromatic N) is 2. The molecule has 4 aliphatic heterocycles. The number of cyclic esters (lactones) is 1. The van der Waals surface area contributed by atoms with E-state index < -0.39 is 41.1 Å². The Kier molecular flexibility index (Phi) is 6.62. The fourth-order valence-corrected chi connectivity index (χ4v) is 6.37. The summed E-state index contributed by atoms with van der Waals surface area (Å²) in [7, 11) is 1.57. The molecule has 4 heterocycles. The van der Waals surface area contributed by atoms with Crippen LogP contribution in [0.2, 0.25) is 0 Å². The zero-order valence-electron chi connectivity index (χ0n) is 21.5. The number of likely N-dealkylation sites (tertiary alicyclic amines) is 1. The molecular weight excluding hydrogens is 476 g/mol. The van der Waals surface area contributed by atoms with Crippen LogP contribution >= 0.6 is 0 Å². The average molecular weight is 511 g/mol. The molecule has 1 aromatic carbocycles. The number of ether oxygens (including phenoxy) is 3. The van der Waals surface area contributed by atoms with Gasteiger partial charge in [-0.2, -0.15) is 0 Å². The van der Waals surface area contributed by atoms with E-state index in [0.717, 1.165) is 0 Å². The van der Waals surface area contributed by atoms with Gasteiger partial charge < -0.3 is 29.1 Å². The van der Waals surface area contributed by atoms with Crippen molar-refractivity contribution in [1.82, 2.24) is 4.90 Å². The average Bonchev–Trinajstić information content (AvgIpc) is 3.30. The lowest BCUT2D eigenvalue weighted by Crippen LogP contribution is -2.58. The molecule has 1 N–H and O–H groups in total. The number of benzene rings is 1. The van der Waals surface area contributed by atoms with Crippen molar-refractivity contribution in [3.8, 4) is 5.75 Å². The molecule has 1 unspecified atom stereocenters. The molecule has 4 aliphatic rings. The Bertz CT molecular complexity index is 1130. The highest BCUT2D eigenvalue weighted by molar-refractivity contribution is 6.05. The van der Waals surface area contributed by atoms with E-state index in [1.54, 1.807) is 49.3 Å². The molecule has 6 atom stereocenters. The van der Waals surface area contributed by atoms with Crippen molar-refractivity contribution in [2.24, 2.45) is 11.8 Å². The van der Waals surface area contributed by atoms with E-state index in [-0.39, 0.29) is 31.6 Å². The van der Waals surface area contributed by atoms with Gasteiger partial charge in [-0.05, 0) is 50.5 Å². The van der Waals surface area contributed by atoms with E-state index in [2.05, 4.69) is 0 Å². The summed E-state index contributed by atoms with van der Waals surface area (Å²) in [6, 6.07) is 5.40. The van der Waals surface area contributed by atoms with Gasteiger partial charge in [0.05, 0.1) is 32.3 Å². The maximum Gasteiger partial charge on any atom is 0.313 e. The molecule has 0 aromatic heterocycles. The number of methoxy groups -OCH3 is 1. The standard InChI is InChI=1S/C28H34N2O7/c1-4-27-13-6-5-7-16-36-26(34)22(27)21-24(32)30(18(2)17-31)23-25(33)29(15-8-14-28(21,23)37-27)19-9-11-20(35-3)12-10-19/h6,8-14,18,21-23,31H,4-5,7,15-17H2,1-3H3/b13-6-/t18-,21+,22-,23?,27+,28+/m1/s1. The summed E-state index contributed by atoms with van der Waals surface area (Å²) in [6.45, 7) is 3.80. The molecule has 9 heteroatoms. The summed E-state index contributed by atoms with van der Waals surface area (Å²) < 4.78 is 17.7. The maximum absolute atomic E-state index is 14.3. The Morgan fingerprint density at radius 2 is 1.86 bits per heavy atom. The van der Waals surface area contributed by atoms with Gasteiger partial charge in [0.15, 0.2) is 0 Å². The Labute approximate surface area is 216 Å². The van der Waals surface area contributed by atoms with Crippen molar-refractivity contribution in [3.05, 3.63) is 48.6 Å². The Hall–Kier alpha value is -3.17. The number of carbonyl (C=O) groups excluding carboxylic acids is 3. The number of amides is 2. The smallest absolute Gasteiger partial charge is 0.313 e. The van der Waals surface area contributed by atoms with Crippen LogP contribution < -0.4 is 9.64 Å². The predicted molar refractivity (Wildman–Crippen MR) is 135 cm³/mol. The SMILES string of the molecule is CC[C@]12/C=C\CCCOC(=O)[C@H]1[C@H]1C(=O)N([C@H](C)CO)C3C(=O)N(c4ccc(OC)cc4)CC=C[C@@]31O2. The molecule has 1 spiro atoms. The van der Waals surface area contributed by atoms with Gasteiger partial charge in [0.25, 0.3) is 5.91 Å². The van der Waals surface area contributed by atoms with Crippen LogP contribution in [-0.2, 0) is 23.9 Å². The van der Waals surface area contributed by atoms with Crippen molar-refractivity contribution in [2.45, 2.75) is 56.4 Å². The summed E-state index contributed by atoms with van der Waals surface area (Å²) in [5.41, 5.74) is -1.83. The van der Waals surface area contributed by atoms with Crippen molar-refractivity contribution >= 4 is 23.5 Å². The van der Waals surface area contributed by atoms with E-state index in [1.165, 1.54) is 4.90 Å². The van der Waals surface area contributed by atoms with Gasteiger partial charge in [0.1, 0.15) is 28.9 Å². The van der Waals surface area contributed by atoms with Crippen LogP contribution in [0.25, 0.3) is 0 Å². The topological polar surface area (TPSA) is 106 Å². The van der Waals surface area contributed by atoms with Gasteiger partial charge in [0, 0.05) is 12.2 Å². The molecule has 1 aromatic rings. The number of aliphatic hydroxyl groups is 1. The largest absolute Gasteiger partial charge is 0.497 e. The number of hydrogen-bond acceptors (Lipinski definition) is 7. The minimum absolute atomic E-state index is 0.258. The van der Waals surface area contributed by atoms with E-state index in [0.29, 0.717) is 30.7 Å². The highest BCUT2D eigenvalue weighted by atomic mass is 16.6. The van der Waals surface area contributed by atoms with Crippen molar-refractivity contribution in [1.29, 1.82) is 0 Å². The van der Waals surface area contributed by atoms with Gasteiger partial charge in [-0.1, -0.05) is 31.2 Å².